The van der Waals surface area contributed by atoms with Gasteiger partial charge in [-0.2, -0.15) is 5.10 Å². The maximum absolute atomic E-state index is 12.2. The molecule has 2 aliphatic rings. The van der Waals surface area contributed by atoms with Gasteiger partial charge in [0.15, 0.2) is 5.82 Å². The second-order valence-corrected chi connectivity index (χ2v) is 6.09. The summed E-state index contributed by atoms with van der Waals surface area (Å²) in [7, 11) is 0. The van der Waals surface area contributed by atoms with E-state index in [0.29, 0.717) is 22.9 Å². The summed E-state index contributed by atoms with van der Waals surface area (Å²) in [6.45, 7) is 0.0537. The number of anilines is 1. The van der Waals surface area contributed by atoms with Crippen LogP contribution in [-0.4, -0.2) is 39.4 Å². The Bertz CT molecular complexity index is 803. The molecule has 0 bridgehead atoms. The van der Waals surface area contributed by atoms with E-state index in [-0.39, 0.29) is 30.7 Å². The number of carbonyl (C=O) groups excluding carboxylic acids is 3. The Balaban J connectivity index is 1.35. The predicted molar refractivity (Wildman–Crippen MR) is 85.6 cm³/mol. The van der Waals surface area contributed by atoms with Crippen molar-refractivity contribution in [2.45, 2.75) is 25.2 Å². The van der Waals surface area contributed by atoms with Crippen LogP contribution in [0.15, 0.2) is 30.3 Å². The summed E-state index contributed by atoms with van der Waals surface area (Å²) in [6.07, 6.45) is 2.34. The average molecular weight is 324 g/mol. The lowest BCUT2D eigenvalue weighted by Crippen LogP contribution is -2.32. The van der Waals surface area contributed by atoms with Crippen LogP contribution in [0, 0.1) is 0 Å². The van der Waals surface area contributed by atoms with Gasteiger partial charge in [0.2, 0.25) is 5.91 Å². The molecule has 7 nitrogen and oxygen atoms in total. The highest BCUT2D eigenvalue weighted by atomic mass is 16.2. The van der Waals surface area contributed by atoms with E-state index in [1.54, 1.807) is 24.3 Å². The maximum Gasteiger partial charge on any atom is 0.261 e. The fourth-order valence-electron chi connectivity index (χ4n) is 2.87. The molecule has 1 aliphatic carbocycles. The quantitative estimate of drug-likeness (QED) is 0.821. The number of aromatic amines is 1. The van der Waals surface area contributed by atoms with Crippen LogP contribution in [0.4, 0.5) is 5.82 Å². The van der Waals surface area contributed by atoms with Gasteiger partial charge in [0, 0.05) is 30.6 Å². The van der Waals surface area contributed by atoms with Crippen molar-refractivity contribution < 1.29 is 14.4 Å². The Hall–Kier alpha value is -2.96. The highest BCUT2D eigenvalue weighted by Crippen LogP contribution is 2.39. The number of fused-ring (bicyclic) bond motifs is 1. The smallest absolute Gasteiger partial charge is 0.261 e. The Kier molecular flexibility index (Phi) is 3.41. The van der Waals surface area contributed by atoms with E-state index in [9.17, 15) is 14.4 Å². The van der Waals surface area contributed by atoms with Crippen molar-refractivity contribution in [2.75, 3.05) is 11.9 Å². The first-order chi connectivity index (χ1) is 11.6. The SMILES string of the molecule is O=C(CCN1C(=O)c2ccccc2C1=O)Nc1cc(C2CC2)[nH]n1. The third-order valence-electron chi connectivity index (χ3n) is 4.32. The van der Waals surface area contributed by atoms with Crippen LogP contribution in [0.5, 0.6) is 0 Å². The Morgan fingerprint density at radius 3 is 2.50 bits per heavy atom. The molecule has 0 radical (unpaired) electrons. The van der Waals surface area contributed by atoms with Crippen LogP contribution in [-0.2, 0) is 4.79 Å². The third-order valence-corrected chi connectivity index (χ3v) is 4.32. The summed E-state index contributed by atoms with van der Waals surface area (Å²) in [5.74, 6) is 0.0320. The first-order valence-electron chi connectivity index (χ1n) is 7.94. The van der Waals surface area contributed by atoms with Crippen molar-refractivity contribution in [3.05, 3.63) is 47.2 Å². The molecule has 0 unspecified atom stereocenters. The number of carbonyl (C=O) groups is 3. The summed E-state index contributed by atoms with van der Waals surface area (Å²) in [6, 6.07) is 8.51. The van der Waals surface area contributed by atoms with Gasteiger partial charge in [-0.15, -0.1) is 0 Å². The maximum atomic E-state index is 12.2. The standard InChI is InChI=1S/C17H16N4O3/c22-15(18-14-9-13(19-20-14)10-5-6-10)7-8-21-16(23)11-3-1-2-4-12(11)17(21)24/h1-4,9-10H,5-8H2,(H2,18,19,20,22). The molecular formula is C17H16N4O3. The molecule has 2 N–H and O–H groups in total. The number of hydrogen-bond acceptors (Lipinski definition) is 4. The van der Waals surface area contributed by atoms with Gasteiger partial charge in [0.1, 0.15) is 0 Å². The van der Waals surface area contributed by atoms with Crippen LogP contribution in [0.2, 0.25) is 0 Å². The third kappa shape index (κ3) is 2.58. The molecule has 1 aliphatic heterocycles. The lowest BCUT2D eigenvalue weighted by atomic mass is 10.1. The van der Waals surface area contributed by atoms with E-state index in [1.807, 2.05) is 6.07 Å². The van der Waals surface area contributed by atoms with E-state index in [4.69, 9.17) is 0 Å². The lowest BCUT2D eigenvalue weighted by Gasteiger charge is -2.12. The van der Waals surface area contributed by atoms with Gasteiger partial charge in [-0.05, 0) is 25.0 Å². The number of hydrogen-bond donors (Lipinski definition) is 2. The van der Waals surface area contributed by atoms with E-state index in [0.717, 1.165) is 23.4 Å². The van der Waals surface area contributed by atoms with Crippen molar-refractivity contribution in [3.8, 4) is 0 Å². The molecule has 4 rings (SSSR count). The molecule has 1 fully saturated rings. The number of aromatic nitrogens is 2. The van der Waals surface area contributed by atoms with Crippen LogP contribution < -0.4 is 5.32 Å². The number of benzene rings is 1. The zero-order valence-corrected chi connectivity index (χ0v) is 12.9. The minimum absolute atomic E-state index is 0.0388. The Morgan fingerprint density at radius 1 is 1.21 bits per heavy atom. The van der Waals surface area contributed by atoms with Gasteiger partial charge in [-0.25, -0.2) is 0 Å². The van der Waals surface area contributed by atoms with Gasteiger partial charge in [0.25, 0.3) is 11.8 Å². The summed E-state index contributed by atoms with van der Waals surface area (Å²) in [5, 5.41) is 9.66. The minimum Gasteiger partial charge on any atom is -0.309 e. The summed E-state index contributed by atoms with van der Waals surface area (Å²) in [5.41, 5.74) is 1.82. The Morgan fingerprint density at radius 2 is 1.88 bits per heavy atom. The monoisotopic (exact) mass is 324 g/mol. The van der Waals surface area contributed by atoms with E-state index >= 15 is 0 Å². The zero-order valence-electron chi connectivity index (χ0n) is 12.9. The molecule has 0 spiro atoms. The number of nitrogens with one attached hydrogen (secondary N) is 2. The predicted octanol–water partition coefficient (Wildman–Crippen LogP) is 1.91. The van der Waals surface area contributed by atoms with Crippen LogP contribution >= 0.6 is 0 Å². The number of amides is 3. The molecule has 1 saturated carbocycles. The highest BCUT2D eigenvalue weighted by molar-refractivity contribution is 6.21. The second-order valence-electron chi connectivity index (χ2n) is 6.09. The van der Waals surface area contributed by atoms with E-state index < -0.39 is 0 Å². The van der Waals surface area contributed by atoms with Crippen LogP contribution in [0.25, 0.3) is 0 Å². The topological polar surface area (TPSA) is 95.2 Å². The van der Waals surface area contributed by atoms with Crippen LogP contribution in [0.1, 0.15) is 51.6 Å². The van der Waals surface area contributed by atoms with Gasteiger partial charge in [-0.3, -0.25) is 24.4 Å². The van der Waals surface area contributed by atoms with Gasteiger partial charge in [0.05, 0.1) is 11.1 Å². The zero-order chi connectivity index (χ0) is 16.7. The van der Waals surface area contributed by atoms with Crippen molar-refractivity contribution in [1.82, 2.24) is 15.1 Å². The molecule has 122 valence electrons. The first kappa shape index (κ1) is 14.6. The molecule has 1 aromatic carbocycles. The van der Waals surface area contributed by atoms with Gasteiger partial charge in [-0.1, -0.05) is 12.1 Å². The number of nitrogens with zero attached hydrogens (tertiary/aromatic N) is 2. The molecule has 2 heterocycles. The Labute approximate surface area is 138 Å². The van der Waals surface area contributed by atoms with Crippen LogP contribution in [0.3, 0.4) is 0 Å². The van der Waals surface area contributed by atoms with Crippen molar-refractivity contribution in [1.29, 1.82) is 0 Å². The van der Waals surface area contributed by atoms with Crippen molar-refractivity contribution in [2.24, 2.45) is 0 Å². The molecule has 2 aromatic rings. The minimum atomic E-state index is -0.348. The lowest BCUT2D eigenvalue weighted by molar-refractivity contribution is -0.116. The largest absolute Gasteiger partial charge is 0.309 e. The molecule has 0 saturated heterocycles. The molecule has 7 heteroatoms. The van der Waals surface area contributed by atoms with Gasteiger partial charge >= 0.3 is 0 Å². The average Bonchev–Trinajstić information content (AvgIpc) is 3.29. The molecule has 3 amide bonds. The number of H-pyrrole nitrogens is 1. The van der Waals surface area contributed by atoms with Crippen molar-refractivity contribution in [3.63, 3.8) is 0 Å². The fraction of sp³-hybridized carbons (Fsp3) is 0.294. The van der Waals surface area contributed by atoms with E-state index in [2.05, 4.69) is 15.5 Å². The van der Waals surface area contributed by atoms with Gasteiger partial charge < -0.3 is 5.32 Å². The second kappa shape index (κ2) is 5.59. The molecule has 24 heavy (non-hydrogen) atoms. The molecule has 1 aromatic heterocycles. The highest BCUT2D eigenvalue weighted by Gasteiger charge is 2.35. The van der Waals surface area contributed by atoms with Crippen molar-refractivity contribution >= 4 is 23.5 Å². The summed E-state index contributed by atoms with van der Waals surface area (Å²) in [4.78, 5) is 37.6. The van der Waals surface area contributed by atoms with E-state index in [1.165, 1.54) is 0 Å². The fourth-order valence-corrected chi connectivity index (χ4v) is 2.87. The molecular weight excluding hydrogens is 308 g/mol. The summed E-state index contributed by atoms with van der Waals surface area (Å²) < 4.78 is 0. The first-order valence-corrected chi connectivity index (χ1v) is 7.94. The summed E-state index contributed by atoms with van der Waals surface area (Å²) >= 11 is 0. The number of imide groups is 1. The number of rotatable bonds is 5. The molecule has 0 atom stereocenters. The normalized spacial score (nSPS) is 16.4.